The Morgan fingerprint density at radius 3 is 2.74 bits per heavy atom. The third kappa shape index (κ3) is 3.82. The average molecular weight is 300 g/mol. The van der Waals surface area contributed by atoms with Crippen molar-refractivity contribution in [3.8, 4) is 0 Å². The molecule has 0 aliphatic heterocycles. The smallest absolute Gasteiger partial charge is 0.295 e. The molecule has 5 nitrogen and oxygen atoms in total. The van der Waals surface area contributed by atoms with Gasteiger partial charge in [0.2, 0.25) is 5.09 Å². The molecule has 19 heavy (non-hydrogen) atoms. The summed E-state index contributed by atoms with van der Waals surface area (Å²) >= 11 is 1.42. The van der Waals surface area contributed by atoms with Crippen molar-refractivity contribution in [1.29, 1.82) is 0 Å². The summed E-state index contributed by atoms with van der Waals surface area (Å²) in [5.74, 6) is 0.597. The Balaban J connectivity index is 2.08. The van der Waals surface area contributed by atoms with Gasteiger partial charge in [0.1, 0.15) is 5.76 Å². The summed E-state index contributed by atoms with van der Waals surface area (Å²) in [5, 5.41) is 6.62. The molecule has 2 aromatic rings. The van der Waals surface area contributed by atoms with Crippen molar-refractivity contribution >= 4 is 27.0 Å². The van der Waals surface area contributed by atoms with E-state index in [1.165, 1.54) is 17.4 Å². The van der Waals surface area contributed by atoms with Gasteiger partial charge in [-0.15, -0.1) is 0 Å². The highest BCUT2D eigenvalue weighted by molar-refractivity contribution is 7.92. The monoisotopic (exact) mass is 300 g/mol. The number of sulfonamides is 1. The third-order valence-corrected chi connectivity index (χ3v) is 4.30. The van der Waals surface area contributed by atoms with Crippen LogP contribution in [0.15, 0.2) is 38.5 Å². The number of hydrogen-bond donors (Lipinski definition) is 2. The van der Waals surface area contributed by atoms with Crippen LogP contribution in [0.5, 0.6) is 0 Å². The van der Waals surface area contributed by atoms with Gasteiger partial charge in [0.25, 0.3) is 10.0 Å². The van der Waals surface area contributed by atoms with Crippen LogP contribution in [0.1, 0.15) is 19.6 Å². The van der Waals surface area contributed by atoms with Crippen LogP contribution in [0.2, 0.25) is 0 Å². The SMILES string of the molecule is CC(C)NCc1ccc(S(=O)(=O)Nc2ccsc2)o1. The standard InChI is InChI=1S/C12H16N2O3S2/c1-9(2)13-7-11-3-4-12(17-11)19(15,16)14-10-5-6-18-8-10/h3-6,8-9,13-14H,7H2,1-2H3. The fraction of sp³-hybridized carbons (Fsp3) is 0.333. The molecular formula is C12H16N2O3S2. The number of thiophene rings is 1. The van der Waals surface area contributed by atoms with Gasteiger partial charge in [-0.2, -0.15) is 19.8 Å². The maximum absolute atomic E-state index is 12.0. The quantitative estimate of drug-likeness (QED) is 0.860. The lowest BCUT2D eigenvalue weighted by Gasteiger charge is -2.05. The van der Waals surface area contributed by atoms with Crippen molar-refractivity contribution < 1.29 is 12.8 Å². The van der Waals surface area contributed by atoms with Crippen LogP contribution < -0.4 is 10.0 Å². The number of nitrogens with one attached hydrogen (secondary N) is 2. The van der Waals surface area contributed by atoms with Crippen molar-refractivity contribution in [3.63, 3.8) is 0 Å². The highest BCUT2D eigenvalue weighted by Crippen LogP contribution is 2.20. The number of anilines is 1. The Hall–Kier alpha value is -1.31. The first-order valence-corrected chi connectivity index (χ1v) is 8.27. The van der Waals surface area contributed by atoms with E-state index < -0.39 is 10.0 Å². The predicted molar refractivity (Wildman–Crippen MR) is 75.8 cm³/mol. The summed E-state index contributed by atoms with van der Waals surface area (Å²) in [7, 11) is -3.64. The van der Waals surface area contributed by atoms with E-state index in [1.54, 1.807) is 22.9 Å². The zero-order valence-electron chi connectivity index (χ0n) is 10.7. The molecule has 0 saturated heterocycles. The van der Waals surface area contributed by atoms with Crippen LogP contribution in [-0.4, -0.2) is 14.5 Å². The van der Waals surface area contributed by atoms with E-state index in [-0.39, 0.29) is 5.09 Å². The van der Waals surface area contributed by atoms with E-state index in [2.05, 4.69) is 10.0 Å². The fourth-order valence-corrected chi connectivity index (χ4v) is 3.09. The van der Waals surface area contributed by atoms with Crippen LogP contribution in [-0.2, 0) is 16.6 Å². The molecule has 104 valence electrons. The Labute approximate surface area is 116 Å². The van der Waals surface area contributed by atoms with Crippen LogP contribution in [0, 0.1) is 0 Å². The molecule has 0 aliphatic rings. The first-order chi connectivity index (χ1) is 8.97. The van der Waals surface area contributed by atoms with Crippen LogP contribution in [0.3, 0.4) is 0 Å². The molecule has 0 bridgehead atoms. The van der Waals surface area contributed by atoms with Crippen molar-refractivity contribution in [2.75, 3.05) is 4.72 Å². The highest BCUT2D eigenvalue weighted by atomic mass is 32.2. The van der Waals surface area contributed by atoms with E-state index in [4.69, 9.17) is 4.42 Å². The molecule has 0 aromatic carbocycles. The Bertz CT molecular complexity index is 615. The second-order valence-electron chi connectivity index (χ2n) is 4.37. The lowest BCUT2D eigenvalue weighted by atomic mass is 10.3. The molecule has 0 unspecified atom stereocenters. The van der Waals surface area contributed by atoms with Crippen LogP contribution >= 0.6 is 11.3 Å². The summed E-state index contributed by atoms with van der Waals surface area (Å²) in [5.41, 5.74) is 0.545. The van der Waals surface area contributed by atoms with E-state index in [0.717, 1.165) is 0 Å². The summed E-state index contributed by atoms with van der Waals surface area (Å²) in [6.07, 6.45) is 0. The van der Waals surface area contributed by atoms with E-state index in [0.29, 0.717) is 24.0 Å². The van der Waals surface area contributed by atoms with Crippen molar-refractivity contribution in [3.05, 3.63) is 34.7 Å². The molecule has 0 amide bonds. The number of hydrogen-bond acceptors (Lipinski definition) is 5. The Morgan fingerprint density at radius 1 is 1.32 bits per heavy atom. The van der Waals surface area contributed by atoms with E-state index in [1.807, 2.05) is 13.8 Å². The maximum atomic E-state index is 12.0. The highest BCUT2D eigenvalue weighted by Gasteiger charge is 2.19. The minimum atomic E-state index is -3.64. The normalized spacial score (nSPS) is 11.9. The van der Waals surface area contributed by atoms with Crippen molar-refractivity contribution in [2.45, 2.75) is 31.5 Å². The van der Waals surface area contributed by atoms with Gasteiger partial charge >= 0.3 is 0 Å². The second-order valence-corrected chi connectivity index (χ2v) is 6.77. The van der Waals surface area contributed by atoms with Gasteiger partial charge in [-0.25, -0.2) is 0 Å². The third-order valence-electron chi connectivity index (χ3n) is 2.36. The van der Waals surface area contributed by atoms with E-state index in [9.17, 15) is 8.42 Å². The van der Waals surface area contributed by atoms with E-state index >= 15 is 0 Å². The first kappa shape index (κ1) is 14.1. The molecule has 0 spiro atoms. The first-order valence-electron chi connectivity index (χ1n) is 5.84. The molecule has 0 saturated carbocycles. The fourth-order valence-electron chi connectivity index (χ4n) is 1.43. The molecule has 0 fully saturated rings. The van der Waals surface area contributed by atoms with Crippen LogP contribution in [0.25, 0.3) is 0 Å². The van der Waals surface area contributed by atoms with Crippen molar-refractivity contribution in [1.82, 2.24) is 5.32 Å². The van der Waals surface area contributed by atoms with Crippen molar-refractivity contribution in [2.24, 2.45) is 0 Å². The minimum absolute atomic E-state index is 0.0701. The molecule has 7 heteroatoms. The molecule has 2 N–H and O–H groups in total. The zero-order chi connectivity index (χ0) is 13.9. The summed E-state index contributed by atoms with van der Waals surface area (Å²) in [4.78, 5) is 0. The molecule has 0 atom stereocenters. The molecule has 2 aromatic heterocycles. The van der Waals surface area contributed by atoms with Gasteiger partial charge in [-0.3, -0.25) is 4.72 Å². The minimum Gasteiger partial charge on any atom is -0.446 e. The molecule has 0 aliphatic carbocycles. The molecule has 2 heterocycles. The average Bonchev–Trinajstić information content (AvgIpc) is 2.96. The number of rotatable bonds is 6. The van der Waals surface area contributed by atoms with Gasteiger partial charge < -0.3 is 9.73 Å². The number of furan rings is 1. The topological polar surface area (TPSA) is 71.3 Å². The molecule has 2 rings (SSSR count). The summed E-state index contributed by atoms with van der Waals surface area (Å²) in [6.45, 7) is 4.53. The van der Waals surface area contributed by atoms with Crippen LogP contribution in [0.4, 0.5) is 5.69 Å². The zero-order valence-corrected chi connectivity index (χ0v) is 12.3. The molecular weight excluding hydrogens is 284 g/mol. The maximum Gasteiger partial charge on any atom is 0.295 e. The Morgan fingerprint density at radius 2 is 2.11 bits per heavy atom. The predicted octanol–water partition coefficient (Wildman–Crippen LogP) is 2.64. The van der Waals surface area contributed by atoms with Gasteiger partial charge in [0, 0.05) is 11.4 Å². The lowest BCUT2D eigenvalue weighted by molar-refractivity contribution is 0.396. The van der Waals surface area contributed by atoms with Gasteiger partial charge in [0.15, 0.2) is 0 Å². The lowest BCUT2D eigenvalue weighted by Crippen LogP contribution is -2.21. The molecule has 0 radical (unpaired) electrons. The van der Waals surface area contributed by atoms with Gasteiger partial charge in [-0.05, 0) is 23.6 Å². The van der Waals surface area contributed by atoms with Gasteiger partial charge in [0.05, 0.1) is 12.2 Å². The Kier molecular flexibility index (Phi) is 4.28. The second kappa shape index (κ2) is 5.77. The summed E-state index contributed by atoms with van der Waals surface area (Å²) in [6, 6.07) is 5.14. The largest absolute Gasteiger partial charge is 0.446 e. The summed E-state index contributed by atoms with van der Waals surface area (Å²) < 4.78 is 31.9. The van der Waals surface area contributed by atoms with Gasteiger partial charge in [-0.1, -0.05) is 13.8 Å².